The third kappa shape index (κ3) is 2.08. The van der Waals surface area contributed by atoms with Gasteiger partial charge in [-0.3, -0.25) is 0 Å². The highest BCUT2D eigenvalue weighted by molar-refractivity contribution is 7.90. The Kier molecular flexibility index (Phi) is 2.56. The largest absolute Gasteiger partial charge is 0.351 e. The molecule has 7 heteroatoms. The van der Waals surface area contributed by atoms with Crippen LogP contribution >= 0.6 is 0 Å². The van der Waals surface area contributed by atoms with Crippen molar-refractivity contribution in [1.82, 2.24) is 15.1 Å². The molecule has 0 fully saturated rings. The normalized spacial score (nSPS) is 11.8. The molecule has 0 N–H and O–H groups in total. The van der Waals surface area contributed by atoms with E-state index in [2.05, 4.69) is 21.3 Å². The molecular weight excluding hydrogens is 266 g/mol. The second-order valence-corrected chi connectivity index (χ2v) is 6.01. The van der Waals surface area contributed by atoms with Crippen LogP contribution in [0.5, 0.6) is 0 Å². The molecule has 1 aromatic carbocycles. The molecular formula is C12H8N3O3S. The summed E-state index contributed by atoms with van der Waals surface area (Å²) in [5.74, 6) is 0. The first-order valence-electron chi connectivity index (χ1n) is 5.34. The first kappa shape index (κ1) is 11.8. The zero-order valence-corrected chi connectivity index (χ0v) is 10.7. The molecule has 1 radical (unpaired) electrons. The number of nitrogens with zero attached hydrogens (tertiary/aromatic N) is 3. The van der Waals surface area contributed by atoms with Gasteiger partial charge < -0.3 is 4.52 Å². The zero-order chi connectivity index (χ0) is 13.5. The van der Waals surface area contributed by atoms with Crippen molar-refractivity contribution in [2.75, 3.05) is 6.26 Å². The summed E-state index contributed by atoms with van der Waals surface area (Å²) in [4.78, 5) is 8.04. The standard InChI is InChI=1S/C12H8N3O3S/c1-19(16,17)9-4-2-8(3-5-9)11-12-10(18-15-11)6-13-7-14-12/h2-5,7H,1H3. The van der Waals surface area contributed by atoms with E-state index >= 15 is 0 Å². The molecule has 3 aromatic rings. The van der Waals surface area contributed by atoms with Gasteiger partial charge in [0.2, 0.25) is 5.58 Å². The van der Waals surface area contributed by atoms with Crippen molar-refractivity contribution in [1.29, 1.82) is 0 Å². The quantitative estimate of drug-likeness (QED) is 0.703. The van der Waals surface area contributed by atoms with Crippen molar-refractivity contribution in [3.63, 3.8) is 0 Å². The lowest BCUT2D eigenvalue weighted by Crippen LogP contribution is -1.96. The molecule has 0 aliphatic carbocycles. The molecule has 19 heavy (non-hydrogen) atoms. The summed E-state index contributed by atoms with van der Waals surface area (Å²) in [6.07, 6.45) is 5.16. The monoisotopic (exact) mass is 274 g/mol. The maximum absolute atomic E-state index is 11.4. The summed E-state index contributed by atoms with van der Waals surface area (Å²) >= 11 is 0. The lowest BCUT2D eigenvalue weighted by atomic mass is 10.1. The second kappa shape index (κ2) is 4.13. The van der Waals surface area contributed by atoms with Crippen LogP contribution in [0.2, 0.25) is 0 Å². The SMILES string of the molecule is CS(=O)(=O)c1ccc(-c2noc3[c]ncnc23)cc1. The average Bonchev–Trinajstić information content (AvgIpc) is 2.82. The highest BCUT2D eigenvalue weighted by atomic mass is 32.2. The van der Waals surface area contributed by atoms with E-state index in [4.69, 9.17) is 4.52 Å². The van der Waals surface area contributed by atoms with E-state index in [-0.39, 0.29) is 4.90 Å². The fraction of sp³-hybridized carbons (Fsp3) is 0.0833. The Bertz CT molecular complexity index is 838. The number of rotatable bonds is 2. The molecule has 0 amide bonds. The summed E-state index contributed by atoms with van der Waals surface area (Å²) < 4.78 is 27.8. The van der Waals surface area contributed by atoms with E-state index in [1.165, 1.54) is 18.5 Å². The minimum absolute atomic E-state index is 0.255. The average molecular weight is 274 g/mol. The van der Waals surface area contributed by atoms with Crippen molar-refractivity contribution in [2.45, 2.75) is 4.90 Å². The Morgan fingerprint density at radius 3 is 2.63 bits per heavy atom. The molecule has 2 aromatic heterocycles. The van der Waals surface area contributed by atoms with E-state index in [1.54, 1.807) is 12.1 Å². The van der Waals surface area contributed by atoms with E-state index in [9.17, 15) is 8.42 Å². The summed E-state index contributed by atoms with van der Waals surface area (Å²) in [6, 6.07) is 6.37. The van der Waals surface area contributed by atoms with Crippen molar-refractivity contribution < 1.29 is 12.9 Å². The molecule has 0 aliphatic heterocycles. The number of fused-ring (bicyclic) bond motifs is 1. The highest BCUT2D eigenvalue weighted by Crippen LogP contribution is 2.26. The van der Waals surface area contributed by atoms with Gasteiger partial charge in [0, 0.05) is 11.8 Å². The van der Waals surface area contributed by atoms with Crippen LogP contribution in [0, 0.1) is 6.20 Å². The summed E-state index contributed by atoms with van der Waals surface area (Å²) in [7, 11) is -3.21. The van der Waals surface area contributed by atoms with Gasteiger partial charge in [-0.25, -0.2) is 18.4 Å². The van der Waals surface area contributed by atoms with Gasteiger partial charge in [-0.15, -0.1) is 0 Å². The Morgan fingerprint density at radius 1 is 1.21 bits per heavy atom. The van der Waals surface area contributed by atoms with Gasteiger partial charge in [-0.05, 0) is 12.1 Å². The molecule has 0 spiro atoms. The number of hydrogen-bond donors (Lipinski definition) is 0. The van der Waals surface area contributed by atoms with Crippen molar-refractivity contribution >= 4 is 20.9 Å². The van der Waals surface area contributed by atoms with Gasteiger partial charge in [0.1, 0.15) is 23.7 Å². The summed E-state index contributed by atoms with van der Waals surface area (Å²) in [5, 5.41) is 3.90. The first-order valence-corrected chi connectivity index (χ1v) is 7.23. The lowest BCUT2D eigenvalue weighted by molar-refractivity contribution is 0.458. The topological polar surface area (TPSA) is 86.0 Å². The molecule has 0 atom stereocenters. The van der Waals surface area contributed by atoms with Crippen LogP contribution in [-0.2, 0) is 9.84 Å². The molecule has 0 saturated heterocycles. The first-order chi connectivity index (χ1) is 9.05. The fourth-order valence-corrected chi connectivity index (χ4v) is 2.33. The Hall–Kier alpha value is -2.28. The summed E-state index contributed by atoms with van der Waals surface area (Å²) in [5.41, 5.74) is 2.17. The third-order valence-electron chi connectivity index (χ3n) is 2.63. The Balaban J connectivity index is 2.12. The Labute approximate surface area is 109 Å². The van der Waals surface area contributed by atoms with Crippen LogP contribution in [0.15, 0.2) is 40.0 Å². The number of hydrogen-bond acceptors (Lipinski definition) is 6. The van der Waals surface area contributed by atoms with Crippen molar-refractivity contribution in [2.24, 2.45) is 0 Å². The maximum atomic E-state index is 11.4. The number of benzene rings is 1. The van der Waals surface area contributed by atoms with E-state index in [0.29, 0.717) is 16.8 Å². The molecule has 0 aliphatic rings. The predicted octanol–water partition coefficient (Wildman–Crippen LogP) is 1.49. The van der Waals surface area contributed by atoms with Crippen molar-refractivity contribution in [3.8, 4) is 11.3 Å². The van der Waals surface area contributed by atoms with Gasteiger partial charge in [-0.2, -0.15) is 0 Å². The zero-order valence-electron chi connectivity index (χ0n) is 9.86. The molecule has 95 valence electrons. The molecule has 0 saturated carbocycles. The lowest BCUT2D eigenvalue weighted by Gasteiger charge is -1.99. The maximum Gasteiger partial charge on any atom is 0.213 e. The molecule has 0 unspecified atom stereocenters. The van der Waals surface area contributed by atoms with Crippen LogP contribution in [0.1, 0.15) is 0 Å². The minimum Gasteiger partial charge on any atom is -0.351 e. The summed E-state index contributed by atoms with van der Waals surface area (Å²) in [6.45, 7) is 0. The van der Waals surface area contributed by atoms with Gasteiger partial charge in [0.25, 0.3) is 0 Å². The molecule has 0 bridgehead atoms. The van der Waals surface area contributed by atoms with Crippen molar-refractivity contribution in [3.05, 3.63) is 36.8 Å². The van der Waals surface area contributed by atoms with E-state index in [0.717, 1.165) is 11.8 Å². The van der Waals surface area contributed by atoms with E-state index < -0.39 is 9.84 Å². The van der Waals surface area contributed by atoms with Crippen LogP contribution < -0.4 is 0 Å². The smallest absolute Gasteiger partial charge is 0.213 e. The second-order valence-electron chi connectivity index (χ2n) is 3.99. The van der Waals surface area contributed by atoms with Crippen LogP contribution in [0.3, 0.4) is 0 Å². The predicted molar refractivity (Wildman–Crippen MR) is 67.0 cm³/mol. The molecule has 6 nitrogen and oxygen atoms in total. The third-order valence-corrected chi connectivity index (χ3v) is 3.76. The van der Waals surface area contributed by atoms with Crippen LogP contribution in [0.25, 0.3) is 22.4 Å². The number of aromatic nitrogens is 3. The Morgan fingerprint density at radius 2 is 1.95 bits per heavy atom. The fourth-order valence-electron chi connectivity index (χ4n) is 1.70. The highest BCUT2D eigenvalue weighted by Gasteiger charge is 2.13. The molecule has 2 heterocycles. The van der Waals surface area contributed by atoms with E-state index in [1.807, 2.05) is 0 Å². The number of sulfone groups is 1. The van der Waals surface area contributed by atoms with Gasteiger partial charge in [0.15, 0.2) is 9.84 Å². The van der Waals surface area contributed by atoms with Gasteiger partial charge in [0.05, 0.1) is 4.90 Å². The van der Waals surface area contributed by atoms with Gasteiger partial charge >= 0.3 is 0 Å². The van der Waals surface area contributed by atoms with Crippen LogP contribution in [0.4, 0.5) is 0 Å². The van der Waals surface area contributed by atoms with Gasteiger partial charge in [-0.1, -0.05) is 17.3 Å². The van der Waals surface area contributed by atoms with Crippen LogP contribution in [-0.4, -0.2) is 29.8 Å². The minimum atomic E-state index is -3.21. The molecule has 3 rings (SSSR count).